The molecule has 1 aromatic carbocycles. The number of carbonyl (C=O) groups excluding carboxylic acids is 1. The molecule has 1 N–H and O–H groups in total. The average Bonchev–Trinajstić information content (AvgIpc) is 3.17. The van der Waals surface area contributed by atoms with Gasteiger partial charge in [0.2, 0.25) is 10.0 Å². The van der Waals surface area contributed by atoms with Gasteiger partial charge < -0.3 is 10.1 Å². The molecule has 0 aliphatic carbocycles. The third kappa shape index (κ3) is 3.86. The summed E-state index contributed by atoms with van der Waals surface area (Å²) in [6, 6.07) is 8.18. The number of carbonyl (C=O) groups is 1. The second-order valence-corrected chi connectivity index (χ2v) is 8.62. The molecular weight excluding hydrogens is 360 g/mol. The molecule has 3 rings (SSSR count). The summed E-state index contributed by atoms with van der Waals surface area (Å²) in [4.78, 5) is 12.9. The highest BCUT2D eigenvalue weighted by Crippen LogP contribution is 2.31. The number of ether oxygens (including phenoxy) is 1. The van der Waals surface area contributed by atoms with Crippen molar-refractivity contribution in [2.24, 2.45) is 0 Å². The fraction of sp³-hybridized carbons (Fsp3) is 0.353. The van der Waals surface area contributed by atoms with Crippen molar-refractivity contribution in [1.29, 1.82) is 0 Å². The number of benzene rings is 1. The minimum atomic E-state index is -3.66. The molecule has 0 radical (unpaired) electrons. The minimum absolute atomic E-state index is 0.0841. The Bertz CT molecular complexity index is 842. The molecule has 8 heteroatoms. The second kappa shape index (κ2) is 7.55. The normalized spacial score (nSPS) is 15.7. The lowest BCUT2D eigenvalue weighted by molar-refractivity contribution is 0.103. The van der Waals surface area contributed by atoms with Crippen LogP contribution < -0.4 is 10.1 Å². The molecule has 1 saturated heterocycles. The quantitative estimate of drug-likeness (QED) is 0.864. The number of nitrogens with one attached hydrogen (secondary N) is 1. The number of methoxy groups -OCH3 is 1. The number of hydrogen-bond acceptors (Lipinski definition) is 5. The van der Waals surface area contributed by atoms with Crippen molar-refractivity contribution in [3.8, 4) is 5.75 Å². The van der Waals surface area contributed by atoms with Crippen LogP contribution in [0.4, 0.5) is 5.69 Å². The van der Waals surface area contributed by atoms with Crippen LogP contribution in [0.15, 0.2) is 40.6 Å². The molecule has 1 amide bonds. The number of anilines is 1. The fourth-order valence-electron chi connectivity index (χ4n) is 2.80. The molecule has 134 valence electrons. The van der Waals surface area contributed by atoms with E-state index in [-0.39, 0.29) is 16.6 Å². The molecule has 1 aromatic heterocycles. The van der Waals surface area contributed by atoms with Crippen LogP contribution in [0, 0.1) is 0 Å². The Morgan fingerprint density at radius 2 is 1.96 bits per heavy atom. The summed E-state index contributed by atoms with van der Waals surface area (Å²) in [5.74, 6) is 0.0150. The topological polar surface area (TPSA) is 75.7 Å². The van der Waals surface area contributed by atoms with Gasteiger partial charge in [-0.15, -0.1) is 11.3 Å². The summed E-state index contributed by atoms with van der Waals surface area (Å²) in [5.41, 5.74) is 0.426. The van der Waals surface area contributed by atoms with Gasteiger partial charge in [0.05, 0.1) is 12.0 Å². The molecule has 2 heterocycles. The molecule has 2 aromatic rings. The van der Waals surface area contributed by atoms with Crippen LogP contribution in [-0.2, 0) is 10.0 Å². The molecule has 0 unspecified atom stereocenters. The van der Waals surface area contributed by atoms with Crippen LogP contribution in [-0.4, -0.2) is 38.8 Å². The smallest absolute Gasteiger partial charge is 0.265 e. The minimum Gasteiger partial charge on any atom is -0.495 e. The van der Waals surface area contributed by atoms with E-state index in [9.17, 15) is 13.2 Å². The molecular formula is C17H20N2O4S2. The third-order valence-electron chi connectivity index (χ3n) is 4.10. The fourth-order valence-corrected chi connectivity index (χ4v) is 5.12. The molecule has 25 heavy (non-hydrogen) atoms. The van der Waals surface area contributed by atoms with Crippen molar-refractivity contribution in [2.45, 2.75) is 24.2 Å². The predicted octanol–water partition coefficient (Wildman–Crippen LogP) is 3.18. The highest BCUT2D eigenvalue weighted by molar-refractivity contribution is 7.89. The molecule has 0 atom stereocenters. The number of piperidine rings is 1. The van der Waals surface area contributed by atoms with Gasteiger partial charge in [0.15, 0.2) is 0 Å². The molecule has 1 aliphatic rings. The van der Waals surface area contributed by atoms with E-state index >= 15 is 0 Å². The maximum absolute atomic E-state index is 13.0. The Kier molecular flexibility index (Phi) is 5.41. The van der Waals surface area contributed by atoms with Crippen LogP contribution in [0.2, 0.25) is 0 Å². The Morgan fingerprint density at radius 1 is 1.20 bits per heavy atom. The lowest BCUT2D eigenvalue weighted by Gasteiger charge is -2.26. The summed E-state index contributed by atoms with van der Waals surface area (Å²) in [6.45, 7) is 1.02. The number of thiophene rings is 1. The van der Waals surface area contributed by atoms with Gasteiger partial charge in [0.1, 0.15) is 10.6 Å². The maximum atomic E-state index is 13.0. The summed E-state index contributed by atoms with van der Waals surface area (Å²) in [7, 11) is -2.22. The van der Waals surface area contributed by atoms with E-state index in [2.05, 4.69) is 5.32 Å². The zero-order valence-electron chi connectivity index (χ0n) is 13.9. The lowest BCUT2D eigenvalue weighted by atomic mass is 10.2. The van der Waals surface area contributed by atoms with Crippen LogP contribution in [0.1, 0.15) is 28.9 Å². The van der Waals surface area contributed by atoms with E-state index in [0.717, 1.165) is 19.3 Å². The van der Waals surface area contributed by atoms with Crippen LogP contribution in [0.3, 0.4) is 0 Å². The van der Waals surface area contributed by atoms with Gasteiger partial charge in [-0.25, -0.2) is 8.42 Å². The van der Waals surface area contributed by atoms with Crippen molar-refractivity contribution in [2.75, 3.05) is 25.5 Å². The van der Waals surface area contributed by atoms with E-state index in [4.69, 9.17) is 4.74 Å². The van der Waals surface area contributed by atoms with Crippen molar-refractivity contribution in [1.82, 2.24) is 4.31 Å². The molecule has 0 bridgehead atoms. The Labute approximate surface area is 151 Å². The number of amides is 1. The average molecular weight is 380 g/mol. The maximum Gasteiger partial charge on any atom is 0.265 e. The summed E-state index contributed by atoms with van der Waals surface area (Å²) in [6.07, 6.45) is 2.76. The summed E-state index contributed by atoms with van der Waals surface area (Å²) < 4.78 is 32.7. The van der Waals surface area contributed by atoms with E-state index in [0.29, 0.717) is 23.7 Å². The molecule has 1 fully saturated rings. The van der Waals surface area contributed by atoms with Crippen molar-refractivity contribution in [3.05, 3.63) is 40.6 Å². The van der Waals surface area contributed by atoms with Crippen molar-refractivity contribution < 1.29 is 17.9 Å². The first-order valence-electron chi connectivity index (χ1n) is 8.05. The van der Waals surface area contributed by atoms with Gasteiger partial charge in [0, 0.05) is 18.8 Å². The van der Waals surface area contributed by atoms with Crippen molar-refractivity contribution >= 4 is 33.0 Å². The molecule has 0 spiro atoms. The summed E-state index contributed by atoms with van der Waals surface area (Å²) in [5, 5.41) is 4.56. The van der Waals surface area contributed by atoms with Gasteiger partial charge in [-0.2, -0.15) is 4.31 Å². The van der Waals surface area contributed by atoms with Crippen LogP contribution >= 0.6 is 11.3 Å². The predicted molar refractivity (Wildman–Crippen MR) is 97.9 cm³/mol. The first kappa shape index (κ1) is 17.9. The Balaban J connectivity index is 1.91. The number of hydrogen-bond donors (Lipinski definition) is 1. The highest BCUT2D eigenvalue weighted by Gasteiger charge is 2.29. The molecule has 0 saturated carbocycles. The SMILES string of the molecule is COc1ccc(NC(=O)c2cccs2)cc1S(=O)(=O)N1CCCCC1. The van der Waals surface area contributed by atoms with E-state index in [1.54, 1.807) is 24.3 Å². The molecule has 1 aliphatic heterocycles. The second-order valence-electron chi connectivity index (χ2n) is 5.76. The molecule has 6 nitrogen and oxygen atoms in total. The lowest BCUT2D eigenvalue weighted by Crippen LogP contribution is -2.35. The highest BCUT2D eigenvalue weighted by atomic mass is 32.2. The van der Waals surface area contributed by atoms with Gasteiger partial charge in [-0.05, 0) is 42.5 Å². The first-order valence-corrected chi connectivity index (χ1v) is 10.4. The number of sulfonamides is 1. The largest absolute Gasteiger partial charge is 0.495 e. The standard InChI is InChI=1S/C17H20N2O4S2/c1-23-14-8-7-13(18-17(20)15-6-5-11-24-15)12-16(14)25(21,22)19-9-3-2-4-10-19/h5-8,11-12H,2-4,9-10H2,1H3,(H,18,20). The van der Waals surface area contributed by atoms with Gasteiger partial charge in [0.25, 0.3) is 5.91 Å². The van der Waals surface area contributed by atoms with Gasteiger partial charge in [-0.1, -0.05) is 12.5 Å². The van der Waals surface area contributed by atoms with Crippen LogP contribution in [0.5, 0.6) is 5.75 Å². The summed E-state index contributed by atoms with van der Waals surface area (Å²) >= 11 is 1.33. The van der Waals surface area contributed by atoms with E-state index in [1.165, 1.54) is 28.8 Å². The van der Waals surface area contributed by atoms with E-state index < -0.39 is 10.0 Å². The van der Waals surface area contributed by atoms with Gasteiger partial charge >= 0.3 is 0 Å². The first-order chi connectivity index (χ1) is 12.0. The van der Waals surface area contributed by atoms with Crippen molar-refractivity contribution in [3.63, 3.8) is 0 Å². The number of rotatable bonds is 5. The monoisotopic (exact) mass is 380 g/mol. The van der Waals surface area contributed by atoms with E-state index in [1.807, 2.05) is 5.38 Å². The Morgan fingerprint density at radius 3 is 2.60 bits per heavy atom. The van der Waals surface area contributed by atoms with Gasteiger partial charge in [-0.3, -0.25) is 4.79 Å². The number of nitrogens with zero attached hydrogens (tertiary/aromatic N) is 1. The third-order valence-corrected chi connectivity index (χ3v) is 6.89. The zero-order valence-corrected chi connectivity index (χ0v) is 15.5. The zero-order chi connectivity index (χ0) is 17.9. The van der Waals surface area contributed by atoms with Crippen LogP contribution in [0.25, 0.3) is 0 Å². The Hall–Kier alpha value is -1.90.